The summed E-state index contributed by atoms with van der Waals surface area (Å²) in [4.78, 5) is 5.82. The number of fused-ring (bicyclic) bond motifs is 1. The van der Waals surface area contributed by atoms with Crippen LogP contribution in [0.4, 0.5) is 5.69 Å². The van der Waals surface area contributed by atoms with Crippen LogP contribution in [0.25, 0.3) is 22.4 Å². The van der Waals surface area contributed by atoms with Crippen molar-refractivity contribution in [3.05, 3.63) is 64.8 Å². The summed E-state index contributed by atoms with van der Waals surface area (Å²) in [7, 11) is 1.67. The van der Waals surface area contributed by atoms with Crippen molar-refractivity contribution in [1.82, 2.24) is 4.57 Å². The van der Waals surface area contributed by atoms with Crippen LogP contribution in [0, 0.1) is 0 Å². The van der Waals surface area contributed by atoms with Gasteiger partial charge in [-0.15, -0.1) is 11.3 Å². The van der Waals surface area contributed by atoms with E-state index in [1.807, 2.05) is 42.5 Å². The molecule has 0 radical (unpaired) electrons. The fourth-order valence-electron chi connectivity index (χ4n) is 3.66. The zero-order valence-electron chi connectivity index (χ0n) is 16.2. The van der Waals surface area contributed by atoms with E-state index in [9.17, 15) is 0 Å². The SMILES string of the molecule is COc1ccc(N=c2scc(-c3cc4ccccc4o3)n2C[C@@H]2CCCO2)cc1. The number of rotatable bonds is 5. The Balaban J connectivity index is 1.59. The van der Waals surface area contributed by atoms with Crippen molar-refractivity contribution in [3.8, 4) is 17.2 Å². The van der Waals surface area contributed by atoms with Gasteiger partial charge in [-0.3, -0.25) is 0 Å². The first-order valence-corrected chi connectivity index (χ1v) is 10.7. The highest BCUT2D eigenvalue weighted by Crippen LogP contribution is 2.29. The van der Waals surface area contributed by atoms with Gasteiger partial charge in [0.25, 0.3) is 0 Å². The van der Waals surface area contributed by atoms with Crippen LogP contribution in [0.15, 0.2) is 69.4 Å². The first-order chi connectivity index (χ1) is 14.3. The second kappa shape index (κ2) is 7.89. The number of para-hydroxylation sites is 1. The number of hydrogen-bond acceptors (Lipinski definition) is 5. The van der Waals surface area contributed by atoms with Crippen LogP contribution >= 0.6 is 11.3 Å². The summed E-state index contributed by atoms with van der Waals surface area (Å²) < 4.78 is 19.5. The molecule has 0 aliphatic carbocycles. The molecule has 2 aromatic carbocycles. The lowest BCUT2D eigenvalue weighted by atomic mass is 10.2. The van der Waals surface area contributed by atoms with Crippen LogP contribution in [0.2, 0.25) is 0 Å². The minimum absolute atomic E-state index is 0.211. The Morgan fingerprint density at radius 1 is 1.17 bits per heavy atom. The van der Waals surface area contributed by atoms with Crippen LogP contribution in [-0.4, -0.2) is 24.4 Å². The Morgan fingerprint density at radius 2 is 2.03 bits per heavy atom. The normalized spacial score (nSPS) is 17.3. The van der Waals surface area contributed by atoms with E-state index in [1.165, 1.54) is 0 Å². The molecule has 1 atom stereocenters. The highest BCUT2D eigenvalue weighted by atomic mass is 32.1. The van der Waals surface area contributed by atoms with Gasteiger partial charge in [-0.25, -0.2) is 4.99 Å². The largest absolute Gasteiger partial charge is 0.497 e. The highest BCUT2D eigenvalue weighted by molar-refractivity contribution is 7.07. The zero-order chi connectivity index (χ0) is 19.6. The average molecular weight is 407 g/mol. The number of aromatic nitrogens is 1. The molecule has 148 valence electrons. The van der Waals surface area contributed by atoms with Crippen LogP contribution < -0.4 is 9.54 Å². The Morgan fingerprint density at radius 3 is 2.79 bits per heavy atom. The zero-order valence-corrected chi connectivity index (χ0v) is 17.0. The Bertz CT molecular complexity index is 1150. The number of nitrogens with zero attached hydrogens (tertiary/aromatic N) is 2. The number of ether oxygens (including phenoxy) is 2. The third-order valence-electron chi connectivity index (χ3n) is 5.18. The van der Waals surface area contributed by atoms with E-state index in [0.29, 0.717) is 0 Å². The van der Waals surface area contributed by atoms with Gasteiger partial charge >= 0.3 is 0 Å². The van der Waals surface area contributed by atoms with Crippen molar-refractivity contribution in [2.24, 2.45) is 4.99 Å². The molecule has 2 aromatic heterocycles. The van der Waals surface area contributed by atoms with Gasteiger partial charge in [-0.05, 0) is 49.2 Å². The average Bonchev–Trinajstić information content (AvgIpc) is 3.49. The third kappa shape index (κ3) is 3.73. The van der Waals surface area contributed by atoms with Gasteiger partial charge in [-0.1, -0.05) is 18.2 Å². The summed E-state index contributed by atoms with van der Waals surface area (Å²) in [6.07, 6.45) is 2.40. The maximum atomic E-state index is 6.14. The summed E-state index contributed by atoms with van der Waals surface area (Å²) in [6.45, 7) is 1.60. The van der Waals surface area contributed by atoms with Gasteiger partial charge in [0, 0.05) is 17.4 Å². The molecule has 5 rings (SSSR count). The molecule has 1 aliphatic heterocycles. The Hall–Kier alpha value is -2.83. The summed E-state index contributed by atoms with van der Waals surface area (Å²) in [5, 5.41) is 3.22. The van der Waals surface area contributed by atoms with Gasteiger partial charge in [0.15, 0.2) is 10.6 Å². The third-order valence-corrected chi connectivity index (χ3v) is 6.05. The van der Waals surface area contributed by atoms with E-state index in [-0.39, 0.29) is 6.10 Å². The molecule has 4 aromatic rings. The van der Waals surface area contributed by atoms with Gasteiger partial charge in [0.2, 0.25) is 0 Å². The summed E-state index contributed by atoms with van der Waals surface area (Å²) in [5.41, 5.74) is 2.82. The van der Waals surface area contributed by atoms with Crippen molar-refractivity contribution in [3.63, 3.8) is 0 Å². The Labute approximate surface area is 172 Å². The molecule has 0 saturated carbocycles. The molecule has 0 N–H and O–H groups in total. The topological polar surface area (TPSA) is 48.9 Å². The lowest BCUT2D eigenvalue weighted by Gasteiger charge is -2.13. The molecular formula is C23H22N2O3S. The summed E-state index contributed by atoms with van der Waals surface area (Å²) in [6, 6.07) is 18.0. The quantitative estimate of drug-likeness (QED) is 0.447. The Kier molecular flexibility index (Phi) is 4.96. The van der Waals surface area contributed by atoms with E-state index < -0.39 is 0 Å². The van der Waals surface area contributed by atoms with E-state index in [4.69, 9.17) is 18.9 Å². The molecule has 1 fully saturated rings. The maximum absolute atomic E-state index is 6.14. The molecule has 29 heavy (non-hydrogen) atoms. The smallest absolute Gasteiger partial charge is 0.190 e. The first-order valence-electron chi connectivity index (χ1n) is 9.78. The number of methoxy groups -OCH3 is 1. The summed E-state index contributed by atoms with van der Waals surface area (Å²) in [5.74, 6) is 1.68. The predicted molar refractivity (Wildman–Crippen MR) is 115 cm³/mol. The van der Waals surface area contributed by atoms with Gasteiger partial charge in [0.1, 0.15) is 11.3 Å². The van der Waals surface area contributed by atoms with Crippen LogP contribution in [-0.2, 0) is 11.3 Å². The molecule has 3 heterocycles. The minimum atomic E-state index is 0.211. The maximum Gasteiger partial charge on any atom is 0.190 e. The molecule has 1 saturated heterocycles. The standard InChI is InChI=1S/C23H22N2O3S/c1-26-18-10-8-17(9-11-18)24-23-25(14-19-6-4-12-27-19)20(15-29-23)22-13-16-5-2-3-7-21(16)28-22/h2-3,5,7-11,13,15,19H,4,6,12,14H2,1H3/t19-/m0/s1. The fraction of sp³-hybridized carbons (Fsp3) is 0.261. The fourth-order valence-corrected chi connectivity index (χ4v) is 4.58. The second-order valence-electron chi connectivity index (χ2n) is 7.11. The molecule has 0 amide bonds. The van der Waals surface area contributed by atoms with Gasteiger partial charge in [0.05, 0.1) is 31.1 Å². The number of hydrogen-bond donors (Lipinski definition) is 0. The van der Waals surface area contributed by atoms with Crippen molar-refractivity contribution in [1.29, 1.82) is 0 Å². The van der Waals surface area contributed by atoms with Crippen molar-refractivity contribution >= 4 is 28.0 Å². The monoisotopic (exact) mass is 406 g/mol. The minimum Gasteiger partial charge on any atom is -0.497 e. The molecule has 6 heteroatoms. The predicted octanol–water partition coefficient (Wildman–Crippen LogP) is 5.38. The van der Waals surface area contributed by atoms with E-state index in [2.05, 4.69) is 22.1 Å². The van der Waals surface area contributed by atoms with Crippen molar-refractivity contribution in [2.75, 3.05) is 13.7 Å². The van der Waals surface area contributed by atoms with Crippen molar-refractivity contribution < 1.29 is 13.9 Å². The molecule has 0 bridgehead atoms. The molecule has 5 nitrogen and oxygen atoms in total. The lowest BCUT2D eigenvalue weighted by Crippen LogP contribution is -2.23. The van der Waals surface area contributed by atoms with Crippen LogP contribution in [0.3, 0.4) is 0 Å². The van der Waals surface area contributed by atoms with Gasteiger partial charge in [-0.2, -0.15) is 0 Å². The van der Waals surface area contributed by atoms with E-state index in [1.54, 1.807) is 18.4 Å². The van der Waals surface area contributed by atoms with E-state index in [0.717, 1.165) is 64.7 Å². The second-order valence-corrected chi connectivity index (χ2v) is 7.94. The molecule has 1 aliphatic rings. The van der Waals surface area contributed by atoms with Crippen LogP contribution in [0.1, 0.15) is 12.8 Å². The number of thiazole rings is 1. The lowest BCUT2D eigenvalue weighted by molar-refractivity contribution is 0.0967. The van der Waals surface area contributed by atoms with Gasteiger partial charge < -0.3 is 18.5 Å². The van der Waals surface area contributed by atoms with E-state index >= 15 is 0 Å². The molecular weight excluding hydrogens is 384 g/mol. The number of furan rings is 1. The van der Waals surface area contributed by atoms with Crippen LogP contribution in [0.5, 0.6) is 5.75 Å². The molecule has 0 unspecified atom stereocenters. The van der Waals surface area contributed by atoms with Crippen molar-refractivity contribution in [2.45, 2.75) is 25.5 Å². The number of benzene rings is 2. The summed E-state index contributed by atoms with van der Waals surface area (Å²) >= 11 is 1.62. The molecule has 0 spiro atoms. The highest BCUT2D eigenvalue weighted by Gasteiger charge is 2.20. The first kappa shape index (κ1) is 18.2.